The Bertz CT molecular complexity index is 506. The van der Waals surface area contributed by atoms with Gasteiger partial charge in [0.05, 0.1) is 13.2 Å². The zero-order valence-corrected chi connectivity index (χ0v) is 12.6. The van der Waals surface area contributed by atoms with Gasteiger partial charge in [-0.3, -0.25) is 0 Å². The maximum atomic E-state index is 6.12. The van der Waals surface area contributed by atoms with Crippen molar-refractivity contribution in [1.29, 1.82) is 0 Å². The first-order valence-electron chi connectivity index (χ1n) is 5.42. The van der Waals surface area contributed by atoms with E-state index in [1.807, 2.05) is 42.5 Å². The normalized spacial score (nSPS) is 10.6. The lowest BCUT2D eigenvalue weighted by Crippen LogP contribution is -1.96. The van der Waals surface area contributed by atoms with Crippen LogP contribution in [0.5, 0.6) is 0 Å². The summed E-state index contributed by atoms with van der Waals surface area (Å²) in [6, 6.07) is 13.6. The first-order valence-corrected chi connectivity index (χ1v) is 6.97. The van der Waals surface area contributed by atoms with Crippen LogP contribution < -0.4 is 0 Å². The molecule has 0 aliphatic carbocycles. The van der Waals surface area contributed by atoms with Gasteiger partial charge in [-0.1, -0.05) is 69.5 Å². The first-order chi connectivity index (χ1) is 8.66. The van der Waals surface area contributed by atoms with Crippen molar-refractivity contribution in [3.8, 4) is 0 Å². The fraction of sp³-hybridized carbons (Fsp3) is 0.143. The second kappa shape index (κ2) is 6.58. The minimum absolute atomic E-state index is 0.403. The standard InChI is InChI=1S/C14H11BrCl2O/c15-11-6-13(16)12(14(17)7-11)9-18-8-10-4-2-1-3-5-10/h1-7H,8-9H2. The van der Waals surface area contributed by atoms with Gasteiger partial charge in [0, 0.05) is 20.1 Å². The van der Waals surface area contributed by atoms with Gasteiger partial charge in [0.1, 0.15) is 0 Å². The molecule has 0 saturated carbocycles. The monoisotopic (exact) mass is 344 g/mol. The Hall–Kier alpha value is -0.540. The molecule has 4 heteroatoms. The lowest BCUT2D eigenvalue weighted by molar-refractivity contribution is 0.107. The fourth-order valence-corrected chi connectivity index (χ4v) is 2.87. The molecular weight excluding hydrogens is 335 g/mol. The van der Waals surface area contributed by atoms with Gasteiger partial charge < -0.3 is 4.74 Å². The third-order valence-corrected chi connectivity index (χ3v) is 3.60. The Morgan fingerprint density at radius 2 is 1.56 bits per heavy atom. The summed E-state index contributed by atoms with van der Waals surface area (Å²) in [6.07, 6.45) is 0. The van der Waals surface area contributed by atoms with Crippen LogP contribution in [-0.4, -0.2) is 0 Å². The summed E-state index contributed by atoms with van der Waals surface area (Å²) in [5, 5.41) is 1.23. The number of halogens is 3. The van der Waals surface area contributed by atoms with Gasteiger partial charge in [0.15, 0.2) is 0 Å². The van der Waals surface area contributed by atoms with E-state index in [0.717, 1.165) is 15.6 Å². The van der Waals surface area contributed by atoms with Crippen LogP contribution in [0.15, 0.2) is 46.9 Å². The molecule has 2 aromatic rings. The van der Waals surface area contributed by atoms with Gasteiger partial charge in [-0.15, -0.1) is 0 Å². The van der Waals surface area contributed by atoms with Crippen molar-refractivity contribution in [2.75, 3.05) is 0 Å². The van der Waals surface area contributed by atoms with E-state index in [1.54, 1.807) is 0 Å². The second-order valence-electron chi connectivity index (χ2n) is 3.83. The fourth-order valence-electron chi connectivity index (χ4n) is 1.56. The largest absolute Gasteiger partial charge is 0.372 e. The zero-order chi connectivity index (χ0) is 13.0. The Labute approximate surface area is 125 Å². The maximum absolute atomic E-state index is 6.12. The van der Waals surface area contributed by atoms with E-state index in [4.69, 9.17) is 27.9 Å². The van der Waals surface area contributed by atoms with Crippen LogP contribution in [0, 0.1) is 0 Å². The third kappa shape index (κ3) is 3.72. The quantitative estimate of drug-likeness (QED) is 0.713. The molecule has 0 aliphatic rings. The highest BCUT2D eigenvalue weighted by molar-refractivity contribution is 9.10. The van der Waals surface area contributed by atoms with Crippen LogP contribution >= 0.6 is 39.1 Å². The van der Waals surface area contributed by atoms with Gasteiger partial charge in [0.2, 0.25) is 0 Å². The molecule has 0 unspecified atom stereocenters. The molecule has 0 atom stereocenters. The molecule has 0 saturated heterocycles. The number of rotatable bonds is 4. The third-order valence-electron chi connectivity index (χ3n) is 2.46. The van der Waals surface area contributed by atoms with Crippen LogP contribution in [0.3, 0.4) is 0 Å². The minimum Gasteiger partial charge on any atom is -0.372 e. The summed E-state index contributed by atoms with van der Waals surface area (Å²) in [7, 11) is 0. The van der Waals surface area contributed by atoms with Crippen molar-refractivity contribution < 1.29 is 4.74 Å². The molecule has 0 spiro atoms. The topological polar surface area (TPSA) is 9.23 Å². The van der Waals surface area contributed by atoms with Crippen LogP contribution in [0.25, 0.3) is 0 Å². The van der Waals surface area contributed by atoms with Crippen LogP contribution in [0.2, 0.25) is 10.0 Å². The number of ether oxygens (including phenoxy) is 1. The molecule has 2 aromatic carbocycles. The second-order valence-corrected chi connectivity index (χ2v) is 5.56. The maximum Gasteiger partial charge on any atom is 0.0750 e. The predicted octanol–water partition coefficient (Wildman–Crippen LogP) is 5.47. The van der Waals surface area contributed by atoms with Gasteiger partial charge in [0.25, 0.3) is 0 Å². The van der Waals surface area contributed by atoms with Crippen molar-refractivity contribution in [3.05, 3.63) is 68.1 Å². The summed E-state index contributed by atoms with van der Waals surface area (Å²) >= 11 is 15.6. The predicted molar refractivity (Wildman–Crippen MR) is 79.1 cm³/mol. The molecule has 2 rings (SSSR count). The lowest BCUT2D eigenvalue weighted by atomic mass is 10.2. The summed E-state index contributed by atoms with van der Waals surface area (Å²) in [6.45, 7) is 0.948. The summed E-state index contributed by atoms with van der Waals surface area (Å²) in [4.78, 5) is 0. The smallest absolute Gasteiger partial charge is 0.0750 e. The molecule has 0 bridgehead atoms. The summed E-state index contributed by atoms with van der Waals surface area (Å²) < 4.78 is 6.49. The van der Waals surface area contributed by atoms with Crippen molar-refractivity contribution in [3.63, 3.8) is 0 Å². The number of benzene rings is 2. The minimum atomic E-state index is 0.403. The average Bonchev–Trinajstić information content (AvgIpc) is 2.34. The first kappa shape index (κ1) is 13.9. The SMILES string of the molecule is Clc1cc(Br)cc(Cl)c1COCc1ccccc1. The molecule has 18 heavy (non-hydrogen) atoms. The van der Waals surface area contributed by atoms with Crippen molar-refractivity contribution >= 4 is 39.1 Å². The zero-order valence-electron chi connectivity index (χ0n) is 9.50. The van der Waals surface area contributed by atoms with Crippen molar-refractivity contribution in [1.82, 2.24) is 0 Å². The van der Waals surface area contributed by atoms with E-state index >= 15 is 0 Å². The highest BCUT2D eigenvalue weighted by Gasteiger charge is 2.07. The average molecular weight is 346 g/mol. The van der Waals surface area contributed by atoms with Crippen LogP contribution in [0.1, 0.15) is 11.1 Å². The molecule has 0 radical (unpaired) electrons. The highest BCUT2D eigenvalue weighted by Crippen LogP contribution is 2.29. The van der Waals surface area contributed by atoms with Crippen molar-refractivity contribution in [2.24, 2.45) is 0 Å². The molecule has 0 fully saturated rings. The number of hydrogen-bond acceptors (Lipinski definition) is 1. The molecule has 0 aliphatic heterocycles. The highest BCUT2D eigenvalue weighted by atomic mass is 79.9. The van der Waals surface area contributed by atoms with Gasteiger partial charge in [-0.25, -0.2) is 0 Å². The van der Waals surface area contributed by atoms with E-state index < -0.39 is 0 Å². The van der Waals surface area contributed by atoms with E-state index in [1.165, 1.54) is 0 Å². The Kier molecular flexibility index (Phi) is 5.07. The molecule has 1 nitrogen and oxygen atoms in total. The molecule has 0 aromatic heterocycles. The molecule has 0 amide bonds. The van der Waals surface area contributed by atoms with Crippen molar-refractivity contribution in [2.45, 2.75) is 13.2 Å². The van der Waals surface area contributed by atoms with Crippen LogP contribution in [0.4, 0.5) is 0 Å². The summed E-state index contributed by atoms with van der Waals surface area (Å²) in [5.41, 5.74) is 1.94. The molecule has 0 N–H and O–H groups in total. The molecular formula is C14H11BrCl2O. The van der Waals surface area contributed by atoms with E-state index in [2.05, 4.69) is 15.9 Å². The van der Waals surface area contributed by atoms with Gasteiger partial charge >= 0.3 is 0 Å². The van der Waals surface area contributed by atoms with E-state index in [0.29, 0.717) is 23.3 Å². The summed E-state index contributed by atoms with van der Waals surface area (Å²) in [5.74, 6) is 0. The Balaban J connectivity index is 1.99. The van der Waals surface area contributed by atoms with Crippen LogP contribution in [-0.2, 0) is 18.0 Å². The molecule has 0 heterocycles. The number of hydrogen-bond donors (Lipinski definition) is 0. The van der Waals surface area contributed by atoms with E-state index in [9.17, 15) is 0 Å². The van der Waals surface area contributed by atoms with Gasteiger partial charge in [-0.05, 0) is 17.7 Å². The van der Waals surface area contributed by atoms with Gasteiger partial charge in [-0.2, -0.15) is 0 Å². The molecule has 94 valence electrons. The Morgan fingerprint density at radius 3 is 2.17 bits per heavy atom. The van der Waals surface area contributed by atoms with E-state index in [-0.39, 0.29) is 0 Å². The lowest BCUT2D eigenvalue weighted by Gasteiger charge is -2.09. The Morgan fingerprint density at radius 1 is 0.944 bits per heavy atom.